The molecule has 1 saturated carbocycles. The minimum absolute atomic E-state index is 0.0840. The molecule has 1 aromatic carbocycles. The molecule has 0 amide bonds. The van der Waals surface area contributed by atoms with E-state index < -0.39 is 0 Å². The van der Waals surface area contributed by atoms with Crippen LogP contribution in [0.4, 0.5) is 0 Å². The number of rotatable bonds is 3. The van der Waals surface area contributed by atoms with Gasteiger partial charge in [0, 0.05) is 23.6 Å². The first-order valence-corrected chi connectivity index (χ1v) is 6.08. The third kappa shape index (κ3) is 1.93. The quantitative estimate of drug-likeness (QED) is 0.598. The van der Waals surface area contributed by atoms with Crippen LogP contribution in [0.2, 0.25) is 0 Å². The lowest BCUT2D eigenvalue weighted by Crippen LogP contribution is -2.09. The van der Waals surface area contributed by atoms with Crippen LogP contribution in [0, 0.1) is 5.92 Å². The van der Waals surface area contributed by atoms with Crippen molar-refractivity contribution in [2.45, 2.75) is 26.3 Å². The van der Waals surface area contributed by atoms with Crippen LogP contribution in [0.15, 0.2) is 30.5 Å². The summed E-state index contributed by atoms with van der Waals surface area (Å²) in [5.74, 6) is 0.716. The van der Waals surface area contributed by atoms with Crippen LogP contribution < -0.4 is 4.74 Å². The van der Waals surface area contributed by atoms with Gasteiger partial charge in [-0.2, -0.15) is 0 Å². The van der Waals surface area contributed by atoms with Crippen LogP contribution in [0.5, 0.6) is 5.75 Å². The summed E-state index contributed by atoms with van der Waals surface area (Å²) in [7, 11) is 0. The van der Waals surface area contributed by atoms with Gasteiger partial charge < -0.3 is 9.30 Å². The lowest BCUT2D eigenvalue weighted by Gasteiger charge is -2.04. The summed E-state index contributed by atoms with van der Waals surface area (Å²) in [6.45, 7) is 3.06. The van der Waals surface area contributed by atoms with Gasteiger partial charge in [-0.25, -0.2) is 0 Å². The maximum Gasteiger partial charge on any atom is 0.314 e. The van der Waals surface area contributed by atoms with Crippen molar-refractivity contribution >= 4 is 16.9 Å². The predicted octanol–water partition coefficient (Wildman–Crippen LogP) is 2.98. The van der Waals surface area contributed by atoms with Crippen LogP contribution in [-0.4, -0.2) is 10.5 Å². The first-order chi connectivity index (χ1) is 8.28. The average Bonchev–Trinajstić information content (AvgIpc) is 3.10. The van der Waals surface area contributed by atoms with Gasteiger partial charge >= 0.3 is 5.97 Å². The fraction of sp³-hybridized carbons (Fsp3) is 0.357. The number of carbonyl (C=O) groups excluding carboxylic acids is 1. The highest BCUT2D eigenvalue weighted by Gasteiger charge is 2.31. The summed E-state index contributed by atoms with van der Waals surface area (Å²) in [4.78, 5) is 11.5. The SMILES string of the molecule is CCn1ccc2cc(OC(=O)C3CC3)ccc21. The normalized spacial score (nSPS) is 15.1. The summed E-state index contributed by atoms with van der Waals surface area (Å²) < 4.78 is 7.51. The highest BCUT2D eigenvalue weighted by Crippen LogP contribution is 2.31. The predicted molar refractivity (Wildman–Crippen MR) is 66.0 cm³/mol. The number of aromatic nitrogens is 1. The lowest BCUT2D eigenvalue weighted by atomic mass is 10.2. The lowest BCUT2D eigenvalue weighted by molar-refractivity contribution is -0.135. The Hall–Kier alpha value is -1.77. The first-order valence-electron chi connectivity index (χ1n) is 6.08. The molecule has 0 bridgehead atoms. The zero-order valence-electron chi connectivity index (χ0n) is 9.85. The van der Waals surface area contributed by atoms with E-state index in [9.17, 15) is 4.79 Å². The van der Waals surface area contributed by atoms with Gasteiger partial charge in [0.25, 0.3) is 0 Å². The van der Waals surface area contributed by atoms with Crippen molar-refractivity contribution in [3.05, 3.63) is 30.5 Å². The number of aryl methyl sites for hydroxylation is 1. The molecule has 1 aromatic heterocycles. The standard InChI is InChI=1S/C14H15NO2/c1-2-15-8-7-11-9-12(5-6-13(11)15)17-14(16)10-3-4-10/h5-10H,2-4H2,1H3. The highest BCUT2D eigenvalue weighted by molar-refractivity contribution is 5.83. The van der Waals surface area contributed by atoms with Crippen molar-refractivity contribution in [3.8, 4) is 5.75 Å². The first kappa shape index (κ1) is 10.4. The van der Waals surface area contributed by atoms with Crippen LogP contribution in [0.25, 0.3) is 10.9 Å². The Kier molecular flexibility index (Phi) is 2.39. The van der Waals surface area contributed by atoms with Gasteiger partial charge in [-0.05, 0) is 44.0 Å². The maximum atomic E-state index is 11.5. The number of esters is 1. The minimum atomic E-state index is -0.0840. The van der Waals surface area contributed by atoms with Crippen LogP contribution in [0.3, 0.4) is 0 Å². The molecule has 1 aliphatic carbocycles. The van der Waals surface area contributed by atoms with Gasteiger partial charge in [-0.15, -0.1) is 0 Å². The van der Waals surface area contributed by atoms with E-state index >= 15 is 0 Å². The number of ether oxygens (including phenoxy) is 1. The molecule has 1 aliphatic rings. The van der Waals surface area contributed by atoms with Crippen molar-refractivity contribution in [1.82, 2.24) is 4.57 Å². The molecule has 0 spiro atoms. The van der Waals surface area contributed by atoms with E-state index in [1.165, 1.54) is 5.52 Å². The van der Waals surface area contributed by atoms with Gasteiger partial charge in [-0.3, -0.25) is 4.79 Å². The largest absolute Gasteiger partial charge is 0.426 e. The smallest absolute Gasteiger partial charge is 0.314 e. The maximum absolute atomic E-state index is 11.5. The molecule has 0 unspecified atom stereocenters. The van der Waals surface area contributed by atoms with E-state index in [1.807, 2.05) is 24.3 Å². The van der Waals surface area contributed by atoms with Crippen molar-refractivity contribution in [2.24, 2.45) is 5.92 Å². The summed E-state index contributed by atoms with van der Waals surface area (Å²) in [5.41, 5.74) is 1.18. The van der Waals surface area contributed by atoms with Crippen LogP contribution >= 0.6 is 0 Å². The van der Waals surface area contributed by atoms with Gasteiger partial charge in [-0.1, -0.05) is 0 Å². The molecule has 3 heteroatoms. The van der Waals surface area contributed by atoms with E-state index in [2.05, 4.69) is 17.7 Å². The molecule has 88 valence electrons. The Bertz CT molecular complexity index is 567. The van der Waals surface area contributed by atoms with Gasteiger partial charge in [0.2, 0.25) is 0 Å². The molecule has 0 N–H and O–H groups in total. The summed E-state index contributed by atoms with van der Waals surface area (Å²) in [6.07, 6.45) is 4.01. The fourth-order valence-corrected chi connectivity index (χ4v) is 2.04. The Morgan fingerprint density at radius 1 is 1.41 bits per heavy atom. The number of hydrogen-bond acceptors (Lipinski definition) is 2. The summed E-state index contributed by atoms with van der Waals surface area (Å²) in [5, 5.41) is 1.12. The molecule has 3 rings (SSSR count). The molecule has 3 nitrogen and oxygen atoms in total. The topological polar surface area (TPSA) is 31.2 Å². The van der Waals surface area contributed by atoms with E-state index in [0.717, 1.165) is 24.8 Å². The number of fused-ring (bicyclic) bond motifs is 1. The molecule has 17 heavy (non-hydrogen) atoms. The van der Waals surface area contributed by atoms with Crippen molar-refractivity contribution in [1.29, 1.82) is 0 Å². The second-order valence-electron chi connectivity index (χ2n) is 4.52. The third-order valence-electron chi connectivity index (χ3n) is 3.21. The number of benzene rings is 1. The Morgan fingerprint density at radius 3 is 2.94 bits per heavy atom. The third-order valence-corrected chi connectivity index (χ3v) is 3.21. The van der Waals surface area contributed by atoms with Crippen molar-refractivity contribution in [2.75, 3.05) is 0 Å². The molecule has 0 saturated heterocycles. The molecule has 2 aromatic rings. The van der Waals surface area contributed by atoms with E-state index in [4.69, 9.17) is 4.74 Å². The van der Waals surface area contributed by atoms with E-state index in [0.29, 0.717) is 5.75 Å². The molecular formula is C14H15NO2. The zero-order valence-corrected chi connectivity index (χ0v) is 9.85. The zero-order chi connectivity index (χ0) is 11.8. The number of carbonyl (C=O) groups is 1. The molecule has 0 aliphatic heterocycles. The highest BCUT2D eigenvalue weighted by atomic mass is 16.5. The molecular weight excluding hydrogens is 214 g/mol. The Balaban J connectivity index is 1.88. The summed E-state index contributed by atoms with van der Waals surface area (Å²) in [6, 6.07) is 7.86. The van der Waals surface area contributed by atoms with Gasteiger partial charge in [0.15, 0.2) is 0 Å². The number of hydrogen-bond donors (Lipinski definition) is 0. The Morgan fingerprint density at radius 2 is 2.24 bits per heavy atom. The van der Waals surface area contributed by atoms with Crippen molar-refractivity contribution in [3.63, 3.8) is 0 Å². The van der Waals surface area contributed by atoms with Gasteiger partial charge in [0.1, 0.15) is 5.75 Å². The molecule has 0 radical (unpaired) electrons. The minimum Gasteiger partial charge on any atom is -0.426 e. The fourth-order valence-electron chi connectivity index (χ4n) is 2.04. The van der Waals surface area contributed by atoms with Crippen LogP contribution in [0.1, 0.15) is 19.8 Å². The second-order valence-corrected chi connectivity index (χ2v) is 4.52. The molecule has 1 fully saturated rings. The average molecular weight is 229 g/mol. The second kappa shape index (κ2) is 3.91. The number of nitrogens with zero attached hydrogens (tertiary/aromatic N) is 1. The van der Waals surface area contributed by atoms with E-state index in [1.54, 1.807) is 0 Å². The van der Waals surface area contributed by atoms with Gasteiger partial charge in [0.05, 0.1) is 5.92 Å². The monoisotopic (exact) mass is 229 g/mol. The summed E-state index contributed by atoms with van der Waals surface area (Å²) >= 11 is 0. The van der Waals surface area contributed by atoms with Crippen LogP contribution in [-0.2, 0) is 11.3 Å². The molecule has 0 atom stereocenters. The van der Waals surface area contributed by atoms with Crippen molar-refractivity contribution < 1.29 is 9.53 Å². The Labute approximate surface area is 100.0 Å². The molecule has 1 heterocycles. The van der Waals surface area contributed by atoms with E-state index in [-0.39, 0.29) is 11.9 Å².